The Balaban J connectivity index is 1.89. The number of nitriles is 1. The van der Waals surface area contributed by atoms with Gasteiger partial charge in [0, 0.05) is 6.08 Å². The van der Waals surface area contributed by atoms with E-state index in [0.717, 1.165) is 5.56 Å². The normalized spacial score (nSPS) is 16.2. The molecule has 0 N–H and O–H groups in total. The van der Waals surface area contributed by atoms with Gasteiger partial charge in [0.15, 0.2) is 0 Å². The monoisotopic (exact) mass is 304 g/mol. The van der Waals surface area contributed by atoms with E-state index in [9.17, 15) is 14.4 Å². The predicted molar refractivity (Wildman–Crippen MR) is 87.8 cm³/mol. The summed E-state index contributed by atoms with van der Waals surface area (Å²) < 4.78 is 12.9. The molecule has 0 saturated carbocycles. The van der Waals surface area contributed by atoms with E-state index < -0.39 is 6.04 Å². The van der Waals surface area contributed by atoms with Crippen molar-refractivity contribution in [3.8, 4) is 6.07 Å². The van der Waals surface area contributed by atoms with Crippen molar-refractivity contribution in [3.63, 3.8) is 0 Å². The summed E-state index contributed by atoms with van der Waals surface area (Å²) in [5, 5.41) is 9.29. The van der Waals surface area contributed by atoms with Gasteiger partial charge >= 0.3 is 0 Å². The van der Waals surface area contributed by atoms with Gasteiger partial charge in [-0.25, -0.2) is 4.39 Å². The van der Waals surface area contributed by atoms with E-state index in [2.05, 4.69) is 6.07 Å². The summed E-state index contributed by atoms with van der Waals surface area (Å²) in [4.78, 5) is 14.0. The summed E-state index contributed by atoms with van der Waals surface area (Å²) in [6, 6.07) is 14.7. The van der Waals surface area contributed by atoms with Crippen LogP contribution in [-0.4, -0.2) is 11.9 Å². The topological polar surface area (TPSA) is 44.1 Å². The largest absolute Gasteiger partial charge is 0.288 e. The molecule has 0 saturated heterocycles. The molecule has 0 aromatic heterocycles. The van der Waals surface area contributed by atoms with Gasteiger partial charge in [0.05, 0.1) is 11.8 Å². The van der Waals surface area contributed by atoms with Crippen LogP contribution >= 0.6 is 0 Å². The Bertz CT molecular complexity index is 831. The second kappa shape index (κ2) is 6.29. The number of nitrogens with zero attached hydrogens (tertiary/aromatic N) is 2. The Hall–Kier alpha value is -3.19. The maximum absolute atomic E-state index is 12.9. The van der Waals surface area contributed by atoms with Crippen molar-refractivity contribution < 1.29 is 9.18 Å². The lowest BCUT2D eigenvalue weighted by molar-refractivity contribution is -0.114. The summed E-state index contributed by atoms with van der Waals surface area (Å²) >= 11 is 0. The minimum Gasteiger partial charge on any atom is -0.288 e. The van der Waals surface area contributed by atoms with Gasteiger partial charge in [0.2, 0.25) is 0 Å². The van der Waals surface area contributed by atoms with Gasteiger partial charge in [-0.15, -0.1) is 0 Å². The van der Waals surface area contributed by atoms with E-state index in [0.29, 0.717) is 11.3 Å². The third-order valence-electron chi connectivity index (χ3n) is 3.59. The van der Waals surface area contributed by atoms with Crippen LogP contribution in [0.5, 0.6) is 0 Å². The van der Waals surface area contributed by atoms with Crippen molar-refractivity contribution in [1.29, 1.82) is 5.26 Å². The number of halogens is 1. The lowest BCUT2D eigenvalue weighted by atomic mass is 10.0. The highest BCUT2D eigenvalue weighted by atomic mass is 19.1. The Kier molecular flexibility index (Phi) is 4.03. The molecule has 2 aromatic rings. The first kappa shape index (κ1) is 14.7. The van der Waals surface area contributed by atoms with Crippen molar-refractivity contribution >= 4 is 23.7 Å². The first-order chi connectivity index (χ1) is 11.2. The molecular weight excluding hydrogens is 291 g/mol. The molecule has 0 bridgehead atoms. The molecule has 1 aliphatic heterocycles. The van der Waals surface area contributed by atoms with Gasteiger partial charge < -0.3 is 0 Å². The molecule has 0 spiro atoms. The number of benzene rings is 2. The van der Waals surface area contributed by atoms with Crippen LogP contribution in [0.4, 0.5) is 10.1 Å². The zero-order valence-corrected chi connectivity index (χ0v) is 12.2. The molecule has 0 fully saturated rings. The molecular formula is C19H13FN2O. The summed E-state index contributed by atoms with van der Waals surface area (Å²) in [6.07, 6.45) is 6.55. The number of anilines is 1. The van der Waals surface area contributed by atoms with Crippen LogP contribution in [0.1, 0.15) is 11.1 Å². The van der Waals surface area contributed by atoms with E-state index >= 15 is 0 Å². The molecule has 0 aliphatic carbocycles. The third-order valence-corrected chi connectivity index (χ3v) is 3.59. The molecule has 4 heteroatoms. The van der Waals surface area contributed by atoms with E-state index in [1.165, 1.54) is 23.1 Å². The fourth-order valence-electron chi connectivity index (χ4n) is 2.46. The second-order valence-electron chi connectivity index (χ2n) is 5.08. The lowest BCUT2D eigenvalue weighted by Crippen LogP contribution is -2.39. The number of rotatable bonds is 2. The maximum Gasteiger partial charge on any atom is 0.252 e. The number of carbonyl (C=O) groups is 1. The zero-order chi connectivity index (χ0) is 16.2. The number of hydrogen-bond donors (Lipinski definition) is 0. The van der Waals surface area contributed by atoms with Gasteiger partial charge in [0.1, 0.15) is 11.9 Å². The summed E-state index contributed by atoms with van der Waals surface area (Å²) in [6.45, 7) is 0. The van der Waals surface area contributed by atoms with Crippen LogP contribution in [-0.2, 0) is 4.79 Å². The average molecular weight is 304 g/mol. The number of hydrogen-bond acceptors (Lipinski definition) is 2. The molecule has 1 atom stereocenters. The molecule has 1 unspecified atom stereocenters. The molecule has 1 aliphatic rings. The highest BCUT2D eigenvalue weighted by Crippen LogP contribution is 2.29. The summed E-state index contributed by atoms with van der Waals surface area (Å²) in [5.41, 5.74) is 2.31. The first-order valence-electron chi connectivity index (χ1n) is 7.13. The zero-order valence-electron chi connectivity index (χ0n) is 12.2. The van der Waals surface area contributed by atoms with Crippen molar-refractivity contribution in [2.75, 3.05) is 4.90 Å². The standard InChI is InChI=1S/C19H13FN2O/c20-16-9-5-14(6-10-16)7-12-19(23)22-17(13-21)11-8-15-3-1-2-4-18(15)22/h1-12,17H. The summed E-state index contributed by atoms with van der Waals surface area (Å²) in [7, 11) is 0. The number of amides is 1. The fraction of sp³-hybridized carbons (Fsp3) is 0.0526. The lowest BCUT2D eigenvalue weighted by Gasteiger charge is -2.29. The van der Waals surface area contributed by atoms with Crippen LogP contribution in [0.25, 0.3) is 12.2 Å². The Morgan fingerprint density at radius 1 is 1.17 bits per heavy atom. The predicted octanol–water partition coefficient (Wildman–Crippen LogP) is 3.79. The fourth-order valence-corrected chi connectivity index (χ4v) is 2.46. The van der Waals surface area contributed by atoms with Crippen LogP contribution in [0.2, 0.25) is 0 Å². The molecule has 3 rings (SSSR count). The summed E-state index contributed by atoms with van der Waals surface area (Å²) in [5.74, 6) is -0.620. The molecule has 3 nitrogen and oxygen atoms in total. The van der Waals surface area contributed by atoms with E-state index in [4.69, 9.17) is 0 Å². The SMILES string of the molecule is N#CC1C=Cc2ccccc2N1C(=O)C=Cc1ccc(F)cc1. The molecule has 23 heavy (non-hydrogen) atoms. The van der Waals surface area contributed by atoms with Crippen LogP contribution in [0.15, 0.2) is 60.7 Å². The average Bonchev–Trinajstić information content (AvgIpc) is 2.60. The number of fused-ring (bicyclic) bond motifs is 1. The van der Waals surface area contributed by atoms with E-state index in [-0.39, 0.29) is 11.7 Å². The van der Waals surface area contributed by atoms with Crippen molar-refractivity contribution in [3.05, 3.63) is 77.6 Å². The third kappa shape index (κ3) is 3.04. The van der Waals surface area contributed by atoms with Crippen LogP contribution in [0.3, 0.4) is 0 Å². The van der Waals surface area contributed by atoms with Crippen molar-refractivity contribution in [1.82, 2.24) is 0 Å². The Morgan fingerprint density at radius 3 is 2.65 bits per heavy atom. The first-order valence-corrected chi connectivity index (χ1v) is 7.13. The van der Waals surface area contributed by atoms with Gasteiger partial charge in [-0.1, -0.05) is 36.4 Å². The maximum atomic E-state index is 12.9. The number of carbonyl (C=O) groups excluding carboxylic acids is 1. The molecule has 1 amide bonds. The van der Waals surface area contributed by atoms with Crippen LogP contribution < -0.4 is 4.90 Å². The van der Waals surface area contributed by atoms with Gasteiger partial charge in [0.25, 0.3) is 5.91 Å². The highest BCUT2D eigenvalue weighted by molar-refractivity contribution is 6.06. The van der Waals surface area contributed by atoms with Crippen LogP contribution in [0, 0.1) is 17.1 Å². The number of para-hydroxylation sites is 1. The van der Waals surface area contributed by atoms with Gasteiger partial charge in [-0.3, -0.25) is 9.69 Å². The van der Waals surface area contributed by atoms with Crippen molar-refractivity contribution in [2.24, 2.45) is 0 Å². The van der Waals surface area contributed by atoms with E-state index in [1.807, 2.05) is 30.3 Å². The van der Waals surface area contributed by atoms with Gasteiger partial charge in [-0.05, 0) is 41.5 Å². The Labute approximate surface area is 133 Å². The quantitative estimate of drug-likeness (QED) is 0.792. The molecule has 0 radical (unpaired) electrons. The van der Waals surface area contributed by atoms with E-state index in [1.54, 1.807) is 24.3 Å². The molecule has 112 valence electrons. The van der Waals surface area contributed by atoms with Crippen molar-refractivity contribution in [2.45, 2.75) is 6.04 Å². The second-order valence-corrected chi connectivity index (χ2v) is 5.08. The minimum atomic E-state index is -0.643. The molecule has 2 aromatic carbocycles. The highest BCUT2D eigenvalue weighted by Gasteiger charge is 2.26. The smallest absolute Gasteiger partial charge is 0.252 e. The minimum absolute atomic E-state index is 0.294. The molecule has 1 heterocycles. The van der Waals surface area contributed by atoms with Gasteiger partial charge in [-0.2, -0.15) is 5.26 Å². The Morgan fingerprint density at radius 2 is 1.91 bits per heavy atom.